The number of allylic oxidation sites excluding steroid dienone is 1. The number of rotatable bonds is 0. The van der Waals surface area contributed by atoms with Gasteiger partial charge in [0.2, 0.25) is 0 Å². The van der Waals surface area contributed by atoms with Crippen LogP contribution in [0.1, 0.15) is 32.1 Å². The van der Waals surface area contributed by atoms with Gasteiger partial charge in [0.15, 0.2) is 0 Å². The summed E-state index contributed by atoms with van der Waals surface area (Å²) >= 11 is 6.65. The van der Waals surface area contributed by atoms with Gasteiger partial charge >= 0.3 is 0 Å². The molecule has 0 radical (unpaired) electrons. The van der Waals surface area contributed by atoms with Crippen LogP contribution >= 0.6 is 11.6 Å². The predicted octanol–water partition coefficient (Wildman–Crippen LogP) is 3.19. The molecular formula is C12H16ClNO. The van der Waals surface area contributed by atoms with Gasteiger partial charge in [0.25, 0.3) is 0 Å². The van der Waals surface area contributed by atoms with E-state index < -0.39 is 0 Å². The van der Waals surface area contributed by atoms with Gasteiger partial charge in [-0.3, -0.25) is 0 Å². The quantitative estimate of drug-likeness (QED) is 0.383. The van der Waals surface area contributed by atoms with Crippen molar-refractivity contribution in [2.75, 3.05) is 0 Å². The van der Waals surface area contributed by atoms with Crippen LogP contribution < -0.4 is 0 Å². The van der Waals surface area contributed by atoms with Crippen LogP contribution in [0.2, 0.25) is 0 Å². The fourth-order valence-electron chi connectivity index (χ4n) is 3.98. The molecule has 2 nitrogen and oxygen atoms in total. The topological polar surface area (TPSA) is 32.6 Å². The second-order valence-electron chi connectivity index (χ2n) is 5.51. The smallest absolute Gasteiger partial charge is 0.0856 e. The molecule has 3 heteroatoms. The van der Waals surface area contributed by atoms with Gasteiger partial charge < -0.3 is 5.21 Å². The van der Waals surface area contributed by atoms with Crippen molar-refractivity contribution in [3.05, 3.63) is 12.2 Å². The Balaban J connectivity index is 2.07. The maximum Gasteiger partial charge on any atom is 0.0856 e. The van der Waals surface area contributed by atoms with Crippen LogP contribution in [0.15, 0.2) is 17.3 Å². The van der Waals surface area contributed by atoms with Crippen molar-refractivity contribution in [1.82, 2.24) is 0 Å². The van der Waals surface area contributed by atoms with Gasteiger partial charge in [0.1, 0.15) is 0 Å². The van der Waals surface area contributed by atoms with Crippen molar-refractivity contribution in [3.8, 4) is 0 Å². The summed E-state index contributed by atoms with van der Waals surface area (Å²) in [6, 6.07) is 0. The van der Waals surface area contributed by atoms with Gasteiger partial charge in [-0.25, -0.2) is 0 Å². The Morgan fingerprint density at radius 1 is 1.27 bits per heavy atom. The SMILES string of the molecule is C=C1/C(=N/O)C2CC3CC1CC(Cl)(C3)C2. The highest BCUT2D eigenvalue weighted by atomic mass is 35.5. The second-order valence-corrected chi connectivity index (χ2v) is 6.31. The molecule has 4 atom stereocenters. The van der Waals surface area contributed by atoms with Gasteiger partial charge in [-0.2, -0.15) is 0 Å². The first-order valence-electron chi connectivity index (χ1n) is 5.71. The van der Waals surface area contributed by atoms with Crippen LogP contribution in [0.3, 0.4) is 0 Å². The molecule has 0 aliphatic heterocycles. The third kappa shape index (κ3) is 1.34. The standard InChI is InChI=1S/C12H16ClNO/c1-7-9-2-8-3-10(11(7)14-15)6-12(13,4-8)5-9/h8-10,15H,1-6H2/b14-11-. The summed E-state index contributed by atoms with van der Waals surface area (Å²) in [4.78, 5) is -0.0358. The molecule has 15 heavy (non-hydrogen) atoms. The Kier molecular flexibility index (Phi) is 1.94. The van der Waals surface area contributed by atoms with E-state index in [-0.39, 0.29) is 4.87 Å². The molecule has 0 heterocycles. The maximum atomic E-state index is 9.10. The van der Waals surface area contributed by atoms with Crippen LogP contribution in [0.5, 0.6) is 0 Å². The molecule has 1 N–H and O–H groups in total. The number of nitrogens with zero attached hydrogens (tertiary/aromatic N) is 1. The van der Waals surface area contributed by atoms with Crippen LogP contribution in [-0.4, -0.2) is 15.8 Å². The summed E-state index contributed by atoms with van der Waals surface area (Å²) in [7, 11) is 0. The lowest BCUT2D eigenvalue weighted by atomic mass is 9.67. The molecular weight excluding hydrogens is 210 g/mol. The molecule has 82 valence electrons. The van der Waals surface area contributed by atoms with Crippen molar-refractivity contribution in [1.29, 1.82) is 0 Å². The zero-order chi connectivity index (χ0) is 10.6. The third-order valence-electron chi connectivity index (χ3n) is 4.43. The van der Waals surface area contributed by atoms with Gasteiger partial charge in [-0.15, -0.1) is 11.6 Å². The normalized spacial score (nSPS) is 51.1. The Morgan fingerprint density at radius 3 is 2.60 bits per heavy atom. The zero-order valence-corrected chi connectivity index (χ0v) is 9.50. The Morgan fingerprint density at radius 2 is 1.93 bits per heavy atom. The maximum absolute atomic E-state index is 9.10. The third-order valence-corrected chi connectivity index (χ3v) is 4.89. The van der Waals surface area contributed by atoms with E-state index in [1.54, 1.807) is 0 Å². The van der Waals surface area contributed by atoms with Gasteiger partial charge in [0, 0.05) is 10.8 Å². The number of hydrogen-bond donors (Lipinski definition) is 1. The largest absolute Gasteiger partial charge is 0.411 e. The van der Waals surface area contributed by atoms with Crippen LogP contribution in [0.4, 0.5) is 0 Å². The summed E-state index contributed by atoms with van der Waals surface area (Å²) in [6.45, 7) is 4.11. The van der Waals surface area contributed by atoms with Crippen molar-refractivity contribution >= 4 is 17.3 Å². The van der Waals surface area contributed by atoms with E-state index in [1.807, 2.05) is 0 Å². The average Bonchev–Trinajstić information content (AvgIpc) is 2.27. The minimum Gasteiger partial charge on any atom is -0.411 e. The highest BCUT2D eigenvalue weighted by molar-refractivity contribution is 6.24. The minimum absolute atomic E-state index is 0.0358. The molecule has 0 aromatic heterocycles. The Bertz CT molecular complexity index is 352. The van der Waals surface area contributed by atoms with Crippen LogP contribution in [0, 0.1) is 17.8 Å². The van der Waals surface area contributed by atoms with Crippen molar-refractivity contribution in [2.24, 2.45) is 22.9 Å². The van der Waals surface area contributed by atoms with Gasteiger partial charge in [-0.1, -0.05) is 11.7 Å². The van der Waals surface area contributed by atoms with E-state index in [0.717, 1.165) is 42.9 Å². The lowest BCUT2D eigenvalue weighted by molar-refractivity contribution is 0.167. The van der Waals surface area contributed by atoms with E-state index in [2.05, 4.69) is 11.7 Å². The first-order valence-corrected chi connectivity index (χ1v) is 6.09. The molecule has 4 unspecified atom stereocenters. The molecule has 4 aliphatic carbocycles. The van der Waals surface area contributed by atoms with Crippen molar-refractivity contribution in [2.45, 2.75) is 37.0 Å². The number of halogens is 1. The molecule has 0 aromatic carbocycles. The lowest BCUT2D eigenvalue weighted by Gasteiger charge is -2.43. The first-order chi connectivity index (χ1) is 7.11. The van der Waals surface area contributed by atoms with Crippen molar-refractivity contribution in [3.63, 3.8) is 0 Å². The summed E-state index contributed by atoms with van der Waals surface area (Å²) in [6.07, 6.45) is 5.49. The minimum atomic E-state index is -0.0358. The first kappa shape index (κ1) is 9.71. The number of alkyl halides is 1. The molecule has 0 spiro atoms. The predicted molar refractivity (Wildman–Crippen MR) is 60.5 cm³/mol. The zero-order valence-electron chi connectivity index (χ0n) is 8.75. The Labute approximate surface area is 95.0 Å². The number of oxime groups is 1. The molecule has 0 amide bonds. The fraction of sp³-hybridized carbons (Fsp3) is 0.750. The van der Waals surface area contributed by atoms with Crippen molar-refractivity contribution < 1.29 is 5.21 Å². The summed E-state index contributed by atoms with van der Waals surface area (Å²) in [5.41, 5.74) is 1.89. The summed E-state index contributed by atoms with van der Waals surface area (Å²) < 4.78 is 0. The summed E-state index contributed by atoms with van der Waals surface area (Å²) in [5, 5.41) is 12.6. The van der Waals surface area contributed by atoms with Crippen LogP contribution in [0.25, 0.3) is 0 Å². The monoisotopic (exact) mass is 225 g/mol. The highest BCUT2D eigenvalue weighted by Gasteiger charge is 2.51. The molecule has 4 aliphatic rings. The van der Waals surface area contributed by atoms with E-state index in [1.165, 1.54) is 6.42 Å². The lowest BCUT2D eigenvalue weighted by Crippen LogP contribution is -2.39. The number of hydrogen-bond acceptors (Lipinski definition) is 2. The molecule has 0 saturated heterocycles. The van der Waals surface area contributed by atoms with E-state index in [4.69, 9.17) is 16.8 Å². The van der Waals surface area contributed by atoms with E-state index in [0.29, 0.717) is 11.8 Å². The fourth-order valence-corrected chi connectivity index (χ4v) is 4.57. The van der Waals surface area contributed by atoms with E-state index >= 15 is 0 Å². The van der Waals surface area contributed by atoms with Crippen LogP contribution in [-0.2, 0) is 0 Å². The molecule has 4 fully saturated rings. The van der Waals surface area contributed by atoms with Gasteiger partial charge in [0.05, 0.1) is 5.71 Å². The summed E-state index contributed by atoms with van der Waals surface area (Å²) in [5.74, 6) is 1.53. The van der Waals surface area contributed by atoms with E-state index in [9.17, 15) is 0 Å². The number of fused-ring (bicyclic) bond motifs is 1. The average molecular weight is 226 g/mol. The molecule has 4 rings (SSSR count). The Hall–Kier alpha value is -0.500. The molecule has 0 aromatic rings. The molecule has 4 bridgehead atoms. The highest BCUT2D eigenvalue weighted by Crippen LogP contribution is 2.56. The van der Waals surface area contributed by atoms with Gasteiger partial charge in [-0.05, 0) is 49.5 Å². The molecule has 4 saturated carbocycles. The second kappa shape index (κ2) is 3.00.